The van der Waals surface area contributed by atoms with Crippen LogP contribution in [0, 0.1) is 0 Å². The first kappa shape index (κ1) is 21.1. The zero-order valence-corrected chi connectivity index (χ0v) is 17.2. The fourth-order valence-corrected chi connectivity index (χ4v) is 2.67. The van der Waals surface area contributed by atoms with Gasteiger partial charge in [0.05, 0.1) is 25.0 Å². The first-order valence-electron chi connectivity index (χ1n) is 9.85. The van der Waals surface area contributed by atoms with E-state index in [1.807, 2.05) is 66.9 Å². The number of rotatable bonds is 9. The average molecular weight is 403 g/mol. The van der Waals surface area contributed by atoms with Gasteiger partial charge in [-0.25, -0.2) is 4.79 Å². The van der Waals surface area contributed by atoms with Crippen molar-refractivity contribution in [1.82, 2.24) is 0 Å². The van der Waals surface area contributed by atoms with Gasteiger partial charge in [-0.1, -0.05) is 19.1 Å². The van der Waals surface area contributed by atoms with Crippen molar-refractivity contribution in [3.8, 4) is 11.5 Å². The van der Waals surface area contributed by atoms with Crippen LogP contribution >= 0.6 is 0 Å². The van der Waals surface area contributed by atoms with Crippen molar-refractivity contribution in [1.29, 1.82) is 0 Å². The van der Waals surface area contributed by atoms with E-state index in [1.54, 1.807) is 12.1 Å². The SMILES string of the molecule is CCCOc1ccc(N=Cc2ccc(OCc3ccc(C(=O)OC)cc3)cc2)cc1. The van der Waals surface area contributed by atoms with Crippen LogP contribution in [0.2, 0.25) is 0 Å². The Hall–Kier alpha value is -3.60. The van der Waals surface area contributed by atoms with Gasteiger partial charge in [0.15, 0.2) is 0 Å². The van der Waals surface area contributed by atoms with E-state index in [9.17, 15) is 4.79 Å². The lowest BCUT2D eigenvalue weighted by Crippen LogP contribution is -2.02. The largest absolute Gasteiger partial charge is 0.494 e. The highest BCUT2D eigenvalue weighted by Crippen LogP contribution is 2.19. The summed E-state index contributed by atoms with van der Waals surface area (Å²) in [7, 11) is 1.37. The van der Waals surface area contributed by atoms with Gasteiger partial charge < -0.3 is 14.2 Å². The fourth-order valence-electron chi connectivity index (χ4n) is 2.67. The van der Waals surface area contributed by atoms with Crippen LogP contribution in [0.1, 0.15) is 34.8 Å². The minimum atomic E-state index is -0.347. The third-order valence-corrected chi connectivity index (χ3v) is 4.33. The van der Waals surface area contributed by atoms with Crippen molar-refractivity contribution in [2.24, 2.45) is 4.99 Å². The highest BCUT2D eigenvalue weighted by molar-refractivity contribution is 5.89. The topological polar surface area (TPSA) is 57.1 Å². The van der Waals surface area contributed by atoms with Crippen molar-refractivity contribution in [3.63, 3.8) is 0 Å². The number of benzene rings is 3. The van der Waals surface area contributed by atoms with Gasteiger partial charge in [-0.05, 0) is 78.2 Å². The van der Waals surface area contributed by atoms with Gasteiger partial charge in [-0.3, -0.25) is 4.99 Å². The van der Waals surface area contributed by atoms with Gasteiger partial charge in [-0.15, -0.1) is 0 Å². The minimum absolute atomic E-state index is 0.347. The molecule has 0 aliphatic rings. The number of ether oxygens (including phenoxy) is 3. The predicted octanol–water partition coefficient (Wildman–Crippen LogP) is 5.59. The molecule has 0 aliphatic carbocycles. The summed E-state index contributed by atoms with van der Waals surface area (Å²) in [5.74, 6) is 1.28. The molecule has 0 N–H and O–H groups in total. The molecule has 154 valence electrons. The first-order chi connectivity index (χ1) is 14.7. The Morgan fingerprint density at radius 3 is 2.13 bits per heavy atom. The lowest BCUT2D eigenvalue weighted by Gasteiger charge is -2.07. The first-order valence-corrected chi connectivity index (χ1v) is 9.85. The standard InChI is InChI=1S/C25H25NO4/c1-3-16-29-23-14-10-22(11-15-23)26-17-19-6-12-24(13-7-19)30-18-20-4-8-21(9-5-20)25(27)28-2/h4-15,17H,3,16,18H2,1-2H3. The van der Waals surface area contributed by atoms with Crippen LogP contribution in [-0.2, 0) is 11.3 Å². The van der Waals surface area contributed by atoms with Gasteiger partial charge >= 0.3 is 5.97 Å². The zero-order valence-electron chi connectivity index (χ0n) is 17.2. The van der Waals surface area contributed by atoms with E-state index >= 15 is 0 Å². The summed E-state index contributed by atoms with van der Waals surface area (Å²) in [6.07, 6.45) is 2.80. The predicted molar refractivity (Wildman–Crippen MR) is 118 cm³/mol. The molecule has 0 saturated heterocycles. The molecule has 3 rings (SSSR count). The Morgan fingerprint density at radius 1 is 0.867 bits per heavy atom. The second-order valence-corrected chi connectivity index (χ2v) is 6.65. The van der Waals surface area contributed by atoms with E-state index in [-0.39, 0.29) is 5.97 Å². The molecule has 0 saturated carbocycles. The van der Waals surface area contributed by atoms with Gasteiger partial charge in [0.25, 0.3) is 0 Å². The van der Waals surface area contributed by atoms with Crippen LogP contribution in [0.3, 0.4) is 0 Å². The van der Waals surface area contributed by atoms with Crippen LogP contribution in [-0.4, -0.2) is 25.9 Å². The Balaban J connectivity index is 1.52. The highest BCUT2D eigenvalue weighted by Gasteiger charge is 2.04. The van der Waals surface area contributed by atoms with E-state index in [4.69, 9.17) is 14.2 Å². The van der Waals surface area contributed by atoms with Crippen LogP contribution < -0.4 is 9.47 Å². The molecule has 0 aliphatic heterocycles. The number of carbonyl (C=O) groups excluding carboxylic acids is 1. The Bertz CT molecular complexity index is 962. The smallest absolute Gasteiger partial charge is 0.337 e. The Kier molecular flexibility index (Phi) is 7.61. The molecule has 0 fully saturated rings. The van der Waals surface area contributed by atoms with Crippen molar-refractivity contribution < 1.29 is 19.0 Å². The molecule has 0 radical (unpaired) electrons. The average Bonchev–Trinajstić information content (AvgIpc) is 2.81. The van der Waals surface area contributed by atoms with Crippen LogP contribution in [0.5, 0.6) is 11.5 Å². The molecule has 0 spiro atoms. The third kappa shape index (κ3) is 6.21. The fraction of sp³-hybridized carbons (Fsp3) is 0.200. The third-order valence-electron chi connectivity index (χ3n) is 4.33. The van der Waals surface area contributed by atoms with Gasteiger partial charge in [0.2, 0.25) is 0 Å². The van der Waals surface area contributed by atoms with Crippen molar-refractivity contribution in [3.05, 3.63) is 89.5 Å². The summed E-state index contributed by atoms with van der Waals surface area (Å²) in [6.45, 7) is 3.22. The minimum Gasteiger partial charge on any atom is -0.494 e. The van der Waals surface area contributed by atoms with Crippen LogP contribution in [0.25, 0.3) is 0 Å². The zero-order chi connectivity index (χ0) is 21.2. The lowest BCUT2D eigenvalue weighted by atomic mass is 10.1. The van der Waals surface area contributed by atoms with Gasteiger partial charge in [-0.2, -0.15) is 0 Å². The quantitative estimate of drug-likeness (QED) is 0.345. The molecule has 0 unspecified atom stereocenters. The molecule has 3 aromatic rings. The number of methoxy groups -OCH3 is 1. The number of nitrogens with zero attached hydrogens (tertiary/aromatic N) is 1. The lowest BCUT2D eigenvalue weighted by molar-refractivity contribution is 0.0600. The summed E-state index contributed by atoms with van der Waals surface area (Å²) in [4.78, 5) is 16.0. The summed E-state index contributed by atoms with van der Waals surface area (Å²) >= 11 is 0. The van der Waals surface area contributed by atoms with Crippen LogP contribution in [0.15, 0.2) is 77.8 Å². The Labute approximate surface area is 176 Å². The molecule has 30 heavy (non-hydrogen) atoms. The van der Waals surface area contributed by atoms with E-state index in [2.05, 4.69) is 11.9 Å². The summed E-state index contributed by atoms with van der Waals surface area (Å²) < 4.78 is 16.1. The second-order valence-electron chi connectivity index (χ2n) is 6.65. The van der Waals surface area contributed by atoms with E-state index < -0.39 is 0 Å². The molecule has 0 heterocycles. The summed E-state index contributed by atoms with van der Waals surface area (Å²) in [5.41, 5.74) is 3.35. The Morgan fingerprint density at radius 2 is 1.50 bits per heavy atom. The molecule has 0 aromatic heterocycles. The maximum absolute atomic E-state index is 11.5. The molecular weight excluding hydrogens is 378 g/mol. The molecule has 3 aromatic carbocycles. The van der Waals surface area contributed by atoms with Crippen LogP contribution in [0.4, 0.5) is 5.69 Å². The van der Waals surface area contributed by atoms with Crippen molar-refractivity contribution in [2.75, 3.05) is 13.7 Å². The highest BCUT2D eigenvalue weighted by atomic mass is 16.5. The molecule has 5 heteroatoms. The van der Waals surface area contributed by atoms with E-state index in [0.717, 1.165) is 41.3 Å². The van der Waals surface area contributed by atoms with Crippen molar-refractivity contribution in [2.45, 2.75) is 20.0 Å². The number of aliphatic imine (C=N–C) groups is 1. The van der Waals surface area contributed by atoms with Crippen molar-refractivity contribution >= 4 is 17.9 Å². The normalized spacial score (nSPS) is 10.7. The summed E-state index contributed by atoms with van der Waals surface area (Å²) in [5, 5.41) is 0. The van der Waals surface area contributed by atoms with E-state index in [1.165, 1.54) is 7.11 Å². The van der Waals surface area contributed by atoms with Gasteiger partial charge in [0, 0.05) is 6.21 Å². The van der Waals surface area contributed by atoms with Gasteiger partial charge in [0.1, 0.15) is 18.1 Å². The number of esters is 1. The molecule has 0 bridgehead atoms. The molecular formula is C25H25NO4. The molecule has 0 atom stereocenters. The number of carbonyl (C=O) groups is 1. The maximum atomic E-state index is 11.5. The summed E-state index contributed by atoms with van der Waals surface area (Å²) in [6, 6.07) is 22.6. The molecule has 5 nitrogen and oxygen atoms in total. The molecule has 0 amide bonds. The number of hydrogen-bond acceptors (Lipinski definition) is 5. The van der Waals surface area contributed by atoms with E-state index in [0.29, 0.717) is 12.2 Å². The second kappa shape index (κ2) is 10.8. The maximum Gasteiger partial charge on any atom is 0.337 e. The number of hydrogen-bond donors (Lipinski definition) is 0. The monoisotopic (exact) mass is 403 g/mol.